The fraction of sp³-hybridized carbons (Fsp3) is 0.600. The van der Waals surface area contributed by atoms with Gasteiger partial charge in [-0.3, -0.25) is 10.1 Å². The largest absolute Gasteiger partial charge is 0.393 e. The van der Waals surface area contributed by atoms with Crippen molar-refractivity contribution in [2.75, 3.05) is 19.6 Å². The first kappa shape index (κ1) is 14.9. The van der Waals surface area contributed by atoms with E-state index in [0.717, 1.165) is 44.5 Å². The van der Waals surface area contributed by atoms with Crippen LogP contribution in [0.5, 0.6) is 0 Å². The van der Waals surface area contributed by atoms with Gasteiger partial charge in [0.1, 0.15) is 0 Å². The molecular formula is C15H22N2O3. The van der Waals surface area contributed by atoms with E-state index >= 15 is 0 Å². The van der Waals surface area contributed by atoms with Crippen LogP contribution in [-0.4, -0.2) is 40.7 Å². The number of nitro benzene ring substituents is 1. The van der Waals surface area contributed by atoms with Gasteiger partial charge in [0.05, 0.1) is 11.0 Å². The molecule has 0 saturated carbocycles. The molecule has 1 heterocycles. The number of nitrogens with zero attached hydrogens (tertiary/aromatic N) is 2. The molecule has 1 aliphatic rings. The average Bonchev–Trinajstić information content (AvgIpc) is 2.46. The maximum atomic E-state index is 10.6. The van der Waals surface area contributed by atoms with Gasteiger partial charge in [-0.1, -0.05) is 19.1 Å². The van der Waals surface area contributed by atoms with Crippen LogP contribution in [0.3, 0.4) is 0 Å². The molecule has 0 aromatic heterocycles. The summed E-state index contributed by atoms with van der Waals surface area (Å²) < 4.78 is 0. The number of hydrogen-bond donors (Lipinski definition) is 1. The van der Waals surface area contributed by atoms with Crippen LogP contribution in [-0.2, 0) is 6.42 Å². The lowest BCUT2D eigenvalue weighted by Gasteiger charge is -2.35. The normalized spacial score (nSPS) is 23.7. The lowest BCUT2D eigenvalue weighted by molar-refractivity contribution is -0.384. The molecule has 110 valence electrons. The second kappa shape index (κ2) is 6.81. The van der Waals surface area contributed by atoms with Gasteiger partial charge < -0.3 is 10.0 Å². The molecule has 2 unspecified atom stereocenters. The Morgan fingerprint density at radius 3 is 2.70 bits per heavy atom. The maximum absolute atomic E-state index is 10.6. The van der Waals surface area contributed by atoms with E-state index in [2.05, 4.69) is 11.8 Å². The van der Waals surface area contributed by atoms with Crippen LogP contribution < -0.4 is 0 Å². The molecule has 0 aliphatic carbocycles. The summed E-state index contributed by atoms with van der Waals surface area (Å²) in [5, 5.41) is 20.5. The number of nitro groups is 1. The van der Waals surface area contributed by atoms with Crippen LogP contribution in [0, 0.1) is 16.0 Å². The van der Waals surface area contributed by atoms with Gasteiger partial charge in [0.25, 0.3) is 5.69 Å². The minimum absolute atomic E-state index is 0.140. The minimum atomic E-state index is -0.373. The molecule has 2 atom stereocenters. The summed E-state index contributed by atoms with van der Waals surface area (Å²) in [5.41, 5.74) is 1.26. The van der Waals surface area contributed by atoms with Crippen molar-refractivity contribution in [3.05, 3.63) is 39.9 Å². The third-order valence-electron chi connectivity index (χ3n) is 4.17. The first-order chi connectivity index (χ1) is 9.60. The zero-order valence-electron chi connectivity index (χ0n) is 11.9. The molecule has 0 radical (unpaired) electrons. The highest BCUT2D eigenvalue weighted by Gasteiger charge is 2.25. The van der Waals surface area contributed by atoms with Crippen LogP contribution in [0.1, 0.15) is 25.3 Å². The first-order valence-electron chi connectivity index (χ1n) is 7.24. The molecule has 5 nitrogen and oxygen atoms in total. The van der Waals surface area contributed by atoms with Crippen molar-refractivity contribution in [2.45, 2.75) is 32.3 Å². The molecule has 1 saturated heterocycles. The predicted molar refractivity (Wildman–Crippen MR) is 77.6 cm³/mol. The van der Waals surface area contributed by atoms with E-state index in [1.165, 1.54) is 0 Å². The minimum Gasteiger partial charge on any atom is -0.393 e. The van der Waals surface area contributed by atoms with Crippen molar-refractivity contribution in [3.63, 3.8) is 0 Å². The quantitative estimate of drug-likeness (QED) is 0.662. The average molecular weight is 278 g/mol. The number of aliphatic hydroxyl groups is 1. The standard InChI is InChI=1S/C15H22N2O3/c1-2-13-11-16(10-8-15(13)18)9-7-12-3-5-14(6-4-12)17(19)20/h3-6,13,15,18H,2,7-11H2,1H3. The number of non-ortho nitro benzene ring substituents is 1. The topological polar surface area (TPSA) is 66.6 Å². The molecule has 1 fully saturated rings. The van der Waals surface area contributed by atoms with Gasteiger partial charge in [0.15, 0.2) is 0 Å². The molecule has 0 bridgehead atoms. The van der Waals surface area contributed by atoms with Gasteiger partial charge in [-0.25, -0.2) is 0 Å². The summed E-state index contributed by atoms with van der Waals surface area (Å²) >= 11 is 0. The Bertz CT molecular complexity index is 447. The highest BCUT2D eigenvalue weighted by Crippen LogP contribution is 2.20. The highest BCUT2D eigenvalue weighted by molar-refractivity contribution is 5.32. The molecule has 0 amide bonds. The van der Waals surface area contributed by atoms with Gasteiger partial charge in [-0.2, -0.15) is 0 Å². The smallest absolute Gasteiger partial charge is 0.269 e. The van der Waals surface area contributed by atoms with E-state index < -0.39 is 0 Å². The fourth-order valence-corrected chi connectivity index (χ4v) is 2.77. The maximum Gasteiger partial charge on any atom is 0.269 e. The zero-order valence-corrected chi connectivity index (χ0v) is 11.9. The van der Waals surface area contributed by atoms with E-state index in [1.54, 1.807) is 12.1 Å². The van der Waals surface area contributed by atoms with Crippen LogP contribution >= 0.6 is 0 Å². The third-order valence-corrected chi connectivity index (χ3v) is 4.17. The number of hydrogen-bond acceptors (Lipinski definition) is 4. The molecule has 1 aliphatic heterocycles. The number of aliphatic hydroxyl groups excluding tert-OH is 1. The van der Waals surface area contributed by atoms with Crippen molar-refractivity contribution < 1.29 is 10.0 Å². The summed E-state index contributed by atoms with van der Waals surface area (Å²) in [6.07, 6.45) is 2.59. The fourth-order valence-electron chi connectivity index (χ4n) is 2.77. The Kier molecular flexibility index (Phi) is 5.09. The Balaban J connectivity index is 1.84. The van der Waals surface area contributed by atoms with Gasteiger partial charge in [0, 0.05) is 31.8 Å². The second-order valence-corrected chi connectivity index (χ2v) is 5.50. The van der Waals surface area contributed by atoms with Gasteiger partial charge >= 0.3 is 0 Å². The van der Waals surface area contributed by atoms with Gasteiger partial charge in [-0.15, -0.1) is 0 Å². The van der Waals surface area contributed by atoms with E-state index in [-0.39, 0.29) is 16.7 Å². The van der Waals surface area contributed by atoms with E-state index in [1.807, 2.05) is 12.1 Å². The summed E-state index contributed by atoms with van der Waals surface area (Å²) in [5.74, 6) is 0.376. The molecular weight excluding hydrogens is 256 g/mol. The number of rotatable bonds is 5. The summed E-state index contributed by atoms with van der Waals surface area (Å²) in [4.78, 5) is 12.6. The van der Waals surface area contributed by atoms with Crippen molar-refractivity contribution in [2.24, 2.45) is 5.92 Å². The molecule has 2 rings (SSSR count). The molecule has 20 heavy (non-hydrogen) atoms. The van der Waals surface area contributed by atoms with Crippen LogP contribution in [0.4, 0.5) is 5.69 Å². The lowest BCUT2D eigenvalue weighted by atomic mass is 9.92. The predicted octanol–water partition coefficient (Wildman–Crippen LogP) is 2.23. The van der Waals surface area contributed by atoms with Gasteiger partial charge in [-0.05, 0) is 30.7 Å². The molecule has 1 aromatic rings. The summed E-state index contributed by atoms with van der Waals surface area (Å²) in [7, 11) is 0. The summed E-state index contributed by atoms with van der Waals surface area (Å²) in [6.45, 7) is 4.95. The van der Waals surface area contributed by atoms with Crippen LogP contribution in [0.15, 0.2) is 24.3 Å². The monoisotopic (exact) mass is 278 g/mol. The van der Waals surface area contributed by atoms with E-state index in [0.29, 0.717) is 5.92 Å². The molecule has 0 spiro atoms. The second-order valence-electron chi connectivity index (χ2n) is 5.50. The number of benzene rings is 1. The zero-order chi connectivity index (χ0) is 14.5. The molecule has 1 N–H and O–H groups in total. The molecule has 1 aromatic carbocycles. The Morgan fingerprint density at radius 1 is 1.40 bits per heavy atom. The van der Waals surface area contributed by atoms with Crippen molar-refractivity contribution in [3.8, 4) is 0 Å². The van der Waals surface area contributed by atoms with Crippen LogP contribution in [0.2, 0.25) is 0 Å². The first-order valence-corrected chi connectivity index (χ1v) is 7.24. The SMILES string of the molecule is CCC1CN(CCc2ccc([N+](=O)[O-])cc2)CCC1O. The van der Waals surface area contributed by atoms with E-state index in [4.69, 9.17) is 0 Å². The molecule has 5 heteroatoms. The van der Waals surface area contributed by atoms with Crippen molar-refractivity contribution >= 4 is 5.69 Å². The highest BCUT2D eigenvalue weighted by atomic mass is 16.6. The Hall–Kier alpha value is -1.46. The van der Waals surface area contributed by atoms with Crippen LogP contribution in [0.25, 0.3) is 0 Å². The Morgan fingerprint density at radius 2 is 2.10 bits per heavy atom. The summed E-state index contributed by atoms with van der Waals surface area (Å²) in [6, 6.07) is 6.77. The van der Waals surface area contributed by atoms with Gasteiger partial charge in [0.2, 0.25) is 0 Å². The van der Waals surface area contributed by atoms with E-state index in [9.17, 15) is 15.2 Å². The third kappa shape index (κ3) is 3.77. The lowest BCUT2D eigenvalue weighted by Crippen LogP contribution is -2.43. The van der Waals surface area contributed by atoms with Crippen molar-refractivity contribution in [1.29, 1.82) is 0 Å². The number of likely N-dealkylation sites (tertiary alicyclic amines) is 1. The number of piperidine rings is 1. The van der Waals surface area contributed by atoms with Crippen molar-refractivity contribution in [1.82, 2.24) is 4.90 Å². The Labute approximate surface area is 119 Å².